The molecule has 0 aliphatic heterocycles. The number of anilines is 1. The second kappa shape index (κ2) is 5.37. The molecule has 0 bridgehead atoms. The lowest BCUT2D eigenvalue weighted by Crippen LogP contribution is -2.39. The molecule has 1 aromatic rings. The van der Waals surface area contributed by atoms with Gasteiger partial charge in [0, 0.05) is 23.7 Å². The Morgan fingerprint density at radius 2 is 1.94 bits per heavy atom. The molecule has 1 aromatic heterocycles. The second-order valence-corrected chi connectivity index (χ2v) is 7.79. The van der Waals surface area contributed by atoms with E-state index in [4.69, 9.17) is 5.73 Å². The van der Waals surface area contributed by atoms with Crippen molar-refractivity contribution in [1.82, 2.24) is 4.31 Å². The van der Waals surface area contributed by atoms with Gasteiger partial charge in [0.25, 0.3) is 10.0 Å². The van der Waals surface area contributed by atoms with Gasteiger partial charge in [-0.05, 0) is 25.8 Å². The highest BCUT2D eigenvalue weighted by Gasteiger charge is 2.28. The Morgan fingerprint density at radius 1 is 1.35 bits per heavy atom. The Labute approximate surface area is 107 Å². The van der Waals surface area contributed by atoms with Gasteiger partial charge < -0.3 is 5.73 Å². The van der Waals surface area contributed by atoms with Gasteiger partial charge in [-0.25, -0.2) is 8.42 Å². The summed E-state index contributed by atoms with van der Waals surface area (Å²) in [6, 6.07) is 1.47. The number of thiophene rings is 1. The average Bonchev–Trinajstić information content (AvgIpc) is 2.61. The van der Waals surface area contributed by atoms with E-state index in [9.17, 15) is 8.42 Å². The van der Waals surface area contributed by atoms with Gasteiger partial charge in [-0.2, -0.15) is 4.31 Å². The van der Waals surface area contributed by atoms with Crippen molar-refractivity contribution in [3.63, 3.8) is 0 Å². The summed E-state index contributed by atoms with van der Waals surface area (Å²) in [5.41, 5.74) is 6.08. The zero-order valence-electron chi connectivity index (χ0n) is 10.7. The van der Waals surface area contributed by atoms with Gasteiger partial charge in [-0.15, -0.1) is 11.3 Å². The van der Waals surface area contributed by atoms with Crippen LogP contribution in [0.2, 0.25) is 0 Å². The standard InChI is InChI=1S/C11H20N2O2S2/c1-8(2)6-13(9(3)4)17(14,15)11-5-10(12)7-16-11/h5,7-9H,6,12H2,1-4H3. The molecule has 6 heteroatoms. The molecule has 0 aliphatic carbocycles. The molecule has 0 unspecified atom stereocenters. The minimum Gasteiger partial charge on any atom is -0.398 e. The van der Waals surface area contributed by atoms with Crippen molar-refractivity contribution >= 4 is 27.0 Å². The molecule has 98 valence electrons. The van der Waals surface area contributed by atoms with E-state index in [0.29, 0.717) is 22.4 Å². The number of nitrogens with two attached hydrogens (primary N) is 1. The molecule has 0 saturated carbocycles. The highest BCUT2D eigenvalue weighted by atomic mass is 32.2. The van der Waals surface area contributed by atoms with Crippen molar-refractivity contribution in [2.75, 3.05) is 12.3 Å². The number of hydrogen-bond acceptors (Lipinski definition) is 4. The quantitative estimate of drug-likeness (QED) is 0.898. The summed E-state index contributed by atoms with van der Waals surface area (Å²) < 4.78 is 26.7. The average molecular weight is 276 g/mol. The maximum atomic E-state index is 12.4. The van der Waals surface area contributed by atoms with Gasteiger partial charge in [0.05, 0.1) is 0 Å². The first kappa shape index (κ1) is 14.5. The van der Waals surface area contributed by atoms with Crippen molar-refractivity contribution in [3.05, 3.63) is 11.4 Å². The summed E-state index contributed by atoms with van der Waals surface area (Å²) in [5.74, 6) is 0.296. The summed E-state index contributed by atoms with van der Waals surface area (Å²) in [5, 5.41) is 1.65. The van der Waals surface area contributed by atoms with E-state index in [2.05, 4.69) is 0 Å². The first-order chi connectivity index (χ1) is 7.75. The summed E-state index contributed by atoms with van der Waals surface area (Å²) in [6.07, 6.45) is 0. The molecule has 1 heterocycles. The normalized spacial score (nSPS) is 12.9. The summed E-state index contributed by atoms with van der Waals surface area (Å²) >= 11 is 1.17. The lowest BCUT2D eigenvalue weighted by atomic mass is 10.2. The van der Waals surface area contributed by atoms with Gasteiger partial charge in [0.2, 0.25) is 0 Å². The van der Waals surface area contributed by atoms with Gasteiger partial charge in [0.1, 0.15) is 4.21 Å². The molecule has 0 spiro atoms. The molecule has 0 amide bonds. The van der Waals surface area contributed by atoms with E-state index < -0.39 is 10.0 Å². The predicted octanol–water partition coefficient (Wildman–Crippen LogP) is 2.39. The van der Waals surface area contributed by atoms with Crippen LogP contribution in [0.25, 0.3) is 0 Å². The molecule has 0 aliphatic rings. The fraction of sp³-hybridized carbons (Fsp3) is 0.636. The Hall–Kier alpha value is -0.590. The van der Waals surface area contributed by atoms with E-state index in [1.54, 1.807) is 5.38 Å². The third-order valence-corrected chi connectivity index (χ3v) is 5.75. The van der Waals surface area contributed by atoms with Crippen molar-refractivity contribution in [2.45, 2.75) is 37.9 Å². The summed E-state index contributed by atoms with van der Waals surface area (Å²) in [7, 11) is -3.40. The molecular formula is C11H20N2O2S2. The van der Waals surface area contributed by atoms with Gasteiger partial charge in [0.15, 0.2) is 0 Å². The monoisotopic (exact) mass is 276 g/mol. The highest BCUT2D eigenvalue weighted by molar-refractivity contribution is 7.91. The lowest BCUT2D eigenvalue weighted by molar-refractivity contribution is 0.319. The Bertz CT molecular complexity index is 464. The molecule has 0 saturated heterocycles. The van der Waals surface area contributed by atoms with Crippen LogP contribution in [-0.2, 0) is 10.0 Å². The van der Waals surface area contributed by atoms with Crippen LogP contribution >= 0.6 is 11.3 Å². The summed E-state index contributed by atoms with van der Waals surface area (Å²) in [6.45, 7) is 8.31. The zero-order valence-corrected chi connectivity index (χ0v) is 12.3. The van der Waals surface area contributed by atoms with Crippen LogP contribution < -0.4 is 5.73 Å². The van der Waals surface area contributed by atoms with Gasteiger partial charge in [-0.3, -0.25) is 0 Å². The maximum Gasteiger partial charge on any atom is 0.252 e. The van der Waals surface area contributed by atoms with E-state index in [0.717, 1.165) is 0 Å². The fourth-order valence-corrected chi connectivity index (χ4v) is 4.54. The molecule has 17 heavy (non-hydrogen) atoms. The number of nitrogen functional groups attached to an aromatic ring is 1. The van der Waals surface area contributed by atoms with E-state index in [1.807, 2.05) is 27.7 Å². The van der Waals surface area contributed by atoms with Crippen LogP contribution in [0, 0.1) is 5.92 Å². The maximum absolute atomic E-state index is 12.4. The molecular weight excluding hydrogens is 256 g/mol. The molecule has 0 radical (unpaired) electrons. The fourth-order valence-electron chi connectivity index (χ4n) is 1.53. The van der Waals surface area contributed by atoms with Crippen LogP contribution in [0.15, 0.2) is 15.7 Å². The van der Waals surface area contributed by atoms with Crippen molar-refractivity contribution in [3.8, 4) is 0 Å². The molecule has 0 aromatic carbocycles. The van der Waals surface area contributed by atoms with Gasteiger partial charge in [-0.1, -0.05) is 13.8 Å². The van der Waals surface area contributed by atoms with Crippen molar-refractivity contribution in [1.29, 1.82) is 0 Å². The molecule has 2 N–H and O–H groups in total. The van der Waals surface area contributed by atoms with Crippen LogP contribution in [-0.4, -0.2) is 25.3 Å². The topological polar surface area (TPSA) is 63.4 Å². The Balaban J connectivity index is 3.09. The number of hydrogen-bond donors (Lipinski definition) is 1. The number of sulfonamides is 1. The third-order valence-electron chi connectivity index (χ3n) is 2.28. The first-order valence-electron chi connectivity index (χ1n) is 5.61. The van der Waals surface area contributed by atoms with E-state index in [1.165, 1.54) is 21.7 Å². The van der Waals surface area contributed by atoms with Crippen molar-refractivity contribution in [2.24, 2.45) is 5.92 Å². The zero-order chi connectivity index (χ0) is 13.2. The predicted molar refractivity (Wildman–Crippen MR) is 72.6 cm³/mol. The highest BCUT2D eigenvalue weighted by Crippen LogP contribution is 2.26. The molecule has 4 nitrogen and oxygen atoms in total. The van der Waals surface area contributed by atoms with Crippen molar-refractivity contribution < 1.29 is 8.42 Å². The third kappa shape index (κ3) is 3.43. The van der Waals surface area contributed by atoms with Crippen LogP contribution in [0.1, 0.15) is 27.7 Å². The molecule has 0 atom stereocenters. The largest absolute Gasteiger partial charge is 0.398 e. The second-order valence-electron chi connectivity index (χ2n) is 4.76. The first-order valence-corrected chi connectivity index (χ1v) is 7.93. The van der Waals surface area contributed by atoms with Crippen LogP contribution in [0.5, 0.6) is 0 Å². The number of nitrogens with zero attached hydrogens (tertiary/aromatic N) is 1. The minimum absolute atomic E-state index is 0.0503. The van der Waals surface area contributed by atoms with Crippen LogP contribution in [0.4, 0.5) is 5.69 Å². The summed E-state index contributed by atoms with van der Waals surface area (Å²) in [4.78, 5) is 0. The van der Waals surface area contributed by atoms with Crippen LogP contribution in [0.3, 0.4) is 0 Å². The number of rotatable bonds is 5. The molecule has 1 rings (SSSR count). The van der Waals surface area contributed by atoms with Gasteiger partial charge >= 0.3 is 0 Å². The Kier molecular flexibility index (Phi) is 4.57. The smallest absolute Gasteiger partial charge is 0.252 e. The van der Waals surface area contributed by atoms with E-state index in [-0.39, 0.29) is 6.04 Å². The molecule has 0 fully saturated rings. The lowest BCUT2D eigenvalue weighted by Gasteiger charge is -2.26. The van der Waals surface area contributed by atoms with E-state index >= 15 is 0 Å². The SMILES string of the molecule is CC(C)CN(C(C)C)S(=O)(=O)c1cc(N)cs1. The Morgan fingerprint density at radius 3 is 2.29 bits per heavy atom. The minimum atomic E-state index is -3.40.